The quantitative estimate of drug-likeness (QED) is 0.107. The van der Waals surface area contributed by atoms with Gasteiger partial charge < -0.3 is 24.0 Å². The molecule has 0 aliphatic carbocycles. The van der Waals surface area contributed by atoms with Crippen LogP contribution in [0.2, 0.25) is 0 Å². The number of ether oxygens (including phenoxy) is 2. The summed E-state index contributed by atoms with van der Waals surface area (Å²) in [6.45, 7) is -0.0983. The molecule has 1 unspecified atom stereocenters. The van der Waals surface area contributed by atoms with Gasteiger partial charge in [0.15, 0.2) is 11.9 Å². The Kier molecular flexibility index (Phi) is 9.15. The molecule has 3 aromatic carbocycles. The molecule has 12 heteroatoms. The number of hydrogen-bond acceptors (Lipinski definition) is 9. The molecule has 6 rings (SSSR count). The number of oxime groups is 1. The van der Waals surface area contributed by atoms with E-state index >= 15 is 0 Å². The monoisotopic (exact) mass is 641 g/mol. The van der Waals surface area contributed by atoms with Crippen LogP contribution >= 0.6 is 11.8 Å². The highest BCUT2D eigenvalue weighted by molar-refractivity contribution is 8.00. The Morgan fingerprint density at radius 3 is 2.37 bits per heavy atom. The van der Waals surface area contributed by atoms with Crippen molar-refractivity contribution in [3.05, 3.63) is 137 Å². The summed E-state index contributed by atoms with van der Waals surface area (Å²) in [4.78, 5) is 47.1. The lowest BCUT2D eigenvalue weighted by Gasteiger charge is -2.49. The molecule has 46 heavy (non-hydrogen) atoms. The van der Waals surface area contributed by atoms with Crippen molar-refractivity contribution in [2.45, 2.75) is 17.5 Å². The van der Waals surface area contributed by atoms with E-state index in [-0.39, 0.29) is 35.3 Å². The Morgan fingerprint density at radius 1 is 1.02 bits per heavy atom. The molecule has 0 saturated carbocycles. The van der Waals surface area contributed by atoms with Crippen molar-refractivity contribution < 1.29 is 37.5 Å². The van der Waals surface area contributed by atoms with Gasteiger partial charge in [-0.25, -0.2) is 9.18 Å². The second kappa shape index (κ2) is 13.7. The number of halogens is 1. The topological polar surface area (TPSA) is 120 Å². The maximum absolute atomic E-state index is 14.1. The normalized spacial score (nSPS) is 17.7. The van der Waals surface area contributed by atoms with Crippen LogP contribution in [0.5, 0.6) is 5.75 Å². The Balaban J connectivity index is 1.29. The number of rotatable bonds is 11. The summed E-state index contributed by atoms with van der Waals surface area (Å²) in [6.07, 6.45) is 0.615. The number of β-lactam (4-membered cyclic amide) rings is 1. The molecule has 2 atom stereocenters. The standard InChI is InChI=1S/C34H28FN3O7S/c1-42-37-27(26-16-9-17-43-26)31(39)36-28-32(40)38-29(23(20-46-33(28)38)19-44-25-15-8-14-24(35)18-25)34(41)45-30(21-10-4-2-5-11-21)22-12-6-3-7-13-22/h2-18,28,30,33H,19-20H2,1H3,(H,36,39)/t28?,33-/m0/s1. The van der Waals surface area contributed by atoms with E-state index in [9.17, 15) is 18.8 Å². The van der Waals surface area contributed by atoms with Crippen molar-refractivity contribution in [2.24, 2.45) is 5.16 Å². The smallest absolute Gasteiger partial charge is 0.356 e. The Morgan fingerprint density at radius 2 is 1.74 bits per heavy atom. The van der Waals surface area contributed by atoms with Gasteiger partial charge in [0.2, 0.25) is 5.71 Å². The number of amides is 2. The third-order valence-electron chi connectivity index (χ3n) is 7.32. The first-order valence-electron chi connectivity index (χ1n) is 14.3. The zero-order valence-electron chi connectivity index (χ0n) is 24.5. The van der Waals surface area contributed by atoms with Gasteiger partial charge in [-0.2, -0.15) is 0 Å². The molecule has 1 saturated heterocycles. The fourth-order valence-electron chi connectivity index (χ4n) is 5.17. The number of furan rings is 1. The number of esters is 1. The molecule has 2 aliphatic rings. The van der Waals surface area contributed by atoms with Gasteiger partial charge in [-0.15, -0.1) is 11.8 Å². The summed E-state index contributed by atoms with van der Waals surface area (Å²) in [5, 5.41) is 5.84. The van der Waals surface area contributed by atoms with Crippen LogP contribution in [0.4, 0.5) is 4.39 Å². The summed E-state index contributed by atoms with van der Waals surface area (Å²) in [5.41, 5.74) is 1.83. The molecular weight excluding hydrogens is 613 g/mol. The second-order valence-corrected chi connectivity index (χ2v) is 11.4. The number of hydrogen-bond donors (Lipinski definition) is 1. The first-order chi connectivity index (χ1) is 22.4. The molecule has 0 bridgehead atoms. The van der Waals surface area contributed by atoms with Gasteiger partial charge in [0, 0.05) is 17.4 Å². The lowest BCUT2D eigenvalue weighted by molar-refractivity contribution is -0.154. The lowest BCUT2D eigenvalue weighted by Crippen LogP contribution is -2.71. The molecule has 0 radical (unpaired) electrons. The minimum absolute atomic E-state index is 0.0179. The van der Waals surface area contributed by atoms with E-state index < -0.39 is 41.1 Å². The number of benzene rings is 3. The Labute approximate surface area is 267 Å². The predicted octanol–water partition coefficient (Wildman–Crippen LogP) is 4.84. The van der Waals surface area contributed by atoms with Crippen LogP contribution in [-0.2, 0) is 24.0 Å². The Hall–Kier alpha value is -5.36. The van der Waals surface area contributed by atoms with Crippen molar-refractivity contribution in [1.29, 1.82) is 0 Å². The van der Waals surface area contributed by atoms with Crippen LogP contribution in [0.3, 0.4) is 0 Å². The molecule has 1 aromatic heterocycles. The van der Waals surface area contributed by atoms with Crippen molar-refractivity contribution in [3.8, 4) is 5.75 Å². The molecule has 10 nitrogen and oxygen atoms in total. The highest BCUT2D eigenvalue weighted by Crippen LogP contribution is 2.42. The number of nitrogens with zero attached hydrogens (tertiary/aromatic N) is 2. The summed E-state index contributed by atoms with van der Waals surface area (Å²) < 4.78 is 31.1. The first kappa shape index (κ1) is 30.7. The van der Waals surface area contributed by atoms with Gasteiger partial charge in [0.05, 0.1) is 6.26 Å². The van der Waals surface area contributed by atoms with Crippen molar-refractivity contribution in [2.75, 3.05) is 19.5 Å². The minimum atomic E-state index is -0.970. The van der Waals surface area contributed by atoms with E-state index in [4.69, 9.17) is 18.7 Å². The average molecular weight is 642 g/mol. The summed E-state index contributed by atoms with van der Waals surface area (Å²) in [5.74, 6) is -1.71. The molecule has 2 amide bonds. The van der Waals surface area contributed by atoms with E-state index in [1.54, 1.807) is 18.2 Å². The van der Waals surface area contributed by atoms with Crippen molar-refractivity contribution in [3.63, 3.8) is 0 Å². The maximum Gasteiger partial charge on any atom is 0.356 e. The van der Waals surface area contributed by atoms with Crippen LogP contribution in [0, 0.1) is 5.82 Å². The third kappa shape index (κ3) is 6.38. The van der Waals surface area contributed by atoms with E-state index in [1.807, 2.05) is 60.7 Å². The Bertz CT molecular complexity index is 1740. The number of carbonyl (C=O) groups excluding carboxylic acids is 3. The van der Waals surface area contributed by atoms with E-state index in [2.05, 4.69) is 10.5 Å². The number of fused-ring (bicyclic) bond motifs is 1. The van der Waals surface area contributed by atoms with Crippen molar-refractivity contribution >= 4 is 35.3 Å². The van der Waals surface area contributed by atoms with Crippen LogP contribution in [-0.4, -0.2) is 59.3 Å². The van der Waals surface area contributed by atoms with Crippen LogP contribution in [0.15, 0.2) is 124 Å². The predicted molar refractivity (Wildman–Crippen MR) is 167 cm³/mol. The zero-order chi connectivity index (χ0) is 32.0. The molecule has 0 spiro atoms. The van der Waals surface area contributed by atoms with E-state index in [0.29, 0.717) is 5.57 Å². The zero-order valence-corrected chi connectivity index (χ0v) is 25.3. The summed E-state index contributed by atoms with van der Waals surface area (Å²) >= 11 is 1.34. The van der Waals surface area contributed by atoms with E-state index in [1.165, 1.54) is 48.2 Å². The first-order valence-corrected chi connectivity index (χ1v) is 15.3. The largest absolute Gasteiger partial charge is 0.489 e. The molecule has 234 valence electrons. The lowest BCUT2D eigenvalue weighted by atomic mass is 10.0. The molecule has 4 aromatic rings. The fourth-order valence-corrected chi connectivity index (χ4v) is 6.50. The van der Waals surface area contributed by atoms with Crippen molar-refractivity contribution in [1.82, 2.24) is 10.2 Å². The van der Waals surface area contributed by atoms with Crippen LogP contribution in [0.1, 0.15) is 23.0 Å². The summed E-state index contributed by atoms with van der Waals surface area (Å²) in [7, 11) is 1.29. The number of nitrogens with one attached hydrogen (secondary N) is 1. The average Bonchev–Trinajstić information content (AvgIpc) is 3.62. The van der Waals surface area contributed by atoms with Crippen LogP contribution in [0.25, 0.3) is 0 Å². The molecular formula is C34H28FN3O7S. The van der Waals surface area contributed by atoms with Gasteiger partial charge in [-0.3, -0.25) is 14.5 Å². The van der Waals surface area contributed by atoms with Crippen LogP contribution < -0.4 is 10.1 Å². The highest BCUT2D eigenvalue weighted by atomic mass is 32.2. The molecule has 2 aliphatic heterocycles. The third-order valence-corrected chi connectivity index (χ3v) is 8.66. The SMILES string of the molecule is CON=C(C(=O)NC1C(=O)N2C(C(=O)OC(c3ccccc3)c3ccccc3)=C(COc3cccc(F)c3)CS[C@@H]12)c1ccco1. The van der Waals surface area contributed by atoms with Gasteiger partial charge >= 0.3 is 5.97 Å². The van der Waals surface area contributed by atoms with Gasteiger partial charge in [-0.05, 0) is 35.4 Å². The van der Waals surface area contributed by atoms with Gasteiger partial charge in [0.25, 0.3) is 11.8 Å². The molecule has 1 fully saturated rings. The number of carbonyl (C=O) groups is 3. The maximum atomic E-state index is 14.1. The van der Waals surface area contributed by atoms with E-state index in [0.717, 1.165) is 11.1 Å². The second-order valence-electron chi connectivity index (χ2n) is 10.3. The fraction of sp³-hybridized carbons (Fsp3) is 0.176. The number of thioether (sulfide) groups is 1. The molecule has 1 N–H and O–H groups in total. The molecule has 3 heterocycles. The summed E-state index contributed by atoms with van der Waals surface area (Å²) in [6, 6.07) is 26.3. The van der Waals surface area contributed by atoms with Gasteiger partial charge in [0.1, 0.15) is 42.4 Å². The minimum Gasteiger partial charge on any atom is -0.489 e. The highest BCUT2D eigenvalue weighted by Gasteiger charge is 2.55. The van der Waals surface area contributed by atoms with Gasteiger partial charge in [-0.1, -0.05) is 71.9 Å².